The second kappa shape index (κ2) is 8.88. The van der Waals surface area contributed by atoms with E-state index in [0.717, 1.165) is 12.8 Å². The van der Waals surface area contributed by atoms with Crippen LogP contribution >= 0.6 is 0 Å². The lowest BCUT2D eigenvalue weighted by Crippen LogP contribution is -2.52. The summed E-state index contributed by atoms with van der Waals surface area (Å²) < 4.78 is 4.91. The van der Waals surface area contributed by atoms with E-state index in [1.165, 1.54) is 18.4 Å². The zero-order valence-electron chi connectivity index (χ0n) is 15.5. The highest BCUT2D eigenvalue weighted by molar-refractivity contribution is 5.85. The van der Waals surface area contributed by atoms with E-state index in [4.69, 9.17) is 4.74 Å². The van der Waals surface area contributed by atoms with Crippen LogP contribution in [-0.2, 0) is 14.9 Å². The number of ether oxygens (including phenoxy) is 1. The molecule has 1 saturated carbocycles. The van der Waals surface area contributed by atoms with Crippen LogP contribution in [-0.4, -0.2) is 31.2 Å². The van der Waals surface area contributed by atoms with Crippen molar-refractivity contribution in [2.75, 3.05) is 13.2 Å². The summed E-state index contributed by atoms with van der Waals surface area (Å²) in [5.41, 5.74) is 1.29. The van der Waals surface area contributed by atoms with Gasteiger partial charge in [0.25, 0.3) is 0 Å². The van der Waals surface area contributed by atoms with Crippen molar-refractivity contribution >= 4 is 12.0 Å². The number of alkyl carbamates (subject to hydrolysis) is 1. The second-order valence-electron chi connectivity index (χ2n) is 7.16. The van der Waals surface area contributed by atoms with Crippen LogP contribution in [0.3, 0.4) is 0 Å². The summed E-state index contributed by atoms with van der Waals surface area (Å²) in [7, 11) is 0. The Bertz CT molecular complexity index is 566. The van der Waals surface area contributed by atoms with E-state index < -0.39 is 12.1 Å². The van der Waals surface area contributed by atoms with Crippen molar-refractivity contribution in [2.24, 2.45) is 5.92 Å². The Morgan fingerprint density at radius 1 is 1.16 bits per heavy atom. The molecule has 1 aliphatic rings. The van der Waals surface area contributed by atoms with Gasteiger partial charge < -0.3 is 15.4 Å². The number of nitrogens with one attached hydrogen (secondary N) is 2. The maximum Gasteiger partial charge on any atom is 0.407 e. The van der Waals surface area contributed by atoms with Crippen molar-refractivity contribution in [1.82, 2.24) is 10.6 Å². The fraction of sp³-hybridized carbons (Fsp3) is 0.600. The van der Waals surface area contributed by atoms with Crippen LogP contribution in [0, 0.1) is 5.92 Å². The third-order valence-electron chi connectivity index (χ3n) is 5.05. The van der Waals surface area contributed by atoms with E-state index in [2.05, 4.69) is 34.9 Å². The summed E-state index contributed by atoms with van der Waals surface area (Å²) in [6, 6.07) is 9.83. The van der Waals surface area contributed by atoms with Gasteiger partial charge >= 0.3 is 6.09 Å². The smallest absolute Gasteiger partial charge is 0.407 e. The zero-order valence-corrected chi connectivity index (χ0v) is 15.5. The van der Waals surface area contributed by atoms with Crippen LogP contribution in [0.1, 0.15) is 52.0 Å². The Morgan fingerprint density at radius 3 is 2.36 bits per heavy atom. The minimum absolute atomic E-state index is 0.00236. The molecule has 0 aliphatic heterocycles. The lowest BCUT2D eigenvalue weighted by Gasteiger charge is -2.31. The molecule has 0 aromatic heterocycles. The number of rotatable bonds is 7. The molecular weight excluding hydrogens is 316 g/mol. The van der Waals surface area contributed by atoms with Gasteiger partial charge in [-0.05, 0) is 31.2 Å². The maximum atomic E-state index is 12.7. The van der Waals surface area contributed by atoms with Crippen LogP contribution in [0.25, 0.3) is 0 Å². The average Bonchev–Trinajstić information content (AvgIpc) is 3.08. The van der Waals surface area contributed by atoms with Gasteiger partial charge in [0.1, 0.15) is 6.04 Å². The van der Waals surface area contributed by atoms with Crippen molar-refractivity contribution in [2.45, 2.75) is 57.9 Å². The molecule has 1 aromatic carbocycles. The number of benzene rings is 1. The molecule has 2 rings (SSSR count). The number of amides is 2. The highest BCUT2D eigenvalue weighted by Gasteiger charge is 2.36. The minimum Gasteiger partial charge on any atom is -0.450 e. The fourth-order valence-electron chi connectivity index (χ4n) is 3.61. The van der Waals surface area contributed by atoms with Gasteiger partial charge in [-0.1, -0.05) is 57.0 Å². The molecule has 138 valence electrons. The molecule has 1 aliphatic carbocycles. The Balaban J connectivity index is 2.03. The molecule has 2 N–H and O–H groups in total. The predicted molar refractivity (Wildman–Crippen MR) is 98.4 cm³/mol. The first-order valence-electron chi connectivity index (χ1n) is 9.25. The molecule has 5 nitrogen and oxygen atoms in total. The Labute approximate surface area is 150 Å². The molecule has 1 unspecified atom stereocenters. The van der Waals surface area contributed by atoms with Gasteiger partial charge in [-0.25, -0.2) is 4.79 Å². The fourth-order valence-corrected chi connectivity index (χ4v) is 3.61. The summed E-state index contributed by atoms with van der Waals surface area (Å²) >= 11 is 0. The second-order valence-corrected chi connectivity index (χ2v) is 7.16. The summed E-state index contributed by atoms with van der Waals surface area (Å²) in [6.45, 7) is 6.46. The van der Waals surface area contributed by atoms with Gasteiger partial charge in [-0.2, -0.15) is 0 Å². The van der Waals surface area contributed by atoms with E-state index in [1.54, 1.807) is 6.92 Å². The predicted octanol–water partition coefficient (Wildman–Crippen LogP) is 3.39. The van der Waals surface area contributed by atoms with E-state index in [0.29, 0.717) is 6.54 Å². The van der Waals surface area contributed by atoms with Gasteiger partial charge in [-0.15, -0.1) is 0 Å². The minimum atomic E-state index is -0.590. The summed E-state index contributed by atoms with van der Waals surface area (Å²) in [5, 5.41) is 5.76. The zero-order chi connectivity index (χ0) is 18.3. The van der Waals surface area contributed by atoms with Gasteiger partial charge in [0, 0.05) is 12.0 Å². The summed E-state index contributed by atoms with van der Waals surface area (Å²) in [4.78, 5) is 24.4. The molecule has 1 atom stereocenters. The standard InChI is InChI=1S/C20H30N2O3/c1-4-25-19(24)22-17(15(2)3)18(23)21-14-20(12-8-9-13-20)16-10-6-5-7-11-16/h5-7,10-11,15,17H,4,8-9,12-14H2,1-3H3,(H,21,23)(H,22,24). The molecule has 0 saturated heterocycles. The first-order valence-corrected chi connectivity index (χ1v) is 9.25. The summed E-state index contributed by atoms with van der Waals surface area (Å²) in [6.07, 6.45) is 3.97. The number of carbonyl (C=O) groups is 2. The van der Waals surface area contributed by atoms with E-state index in [-0.39, 0.29) is 23.8 Å². The topological polar surface area (TPSA) is 67.4 Å². The molecule has 0 heterocycles. The lowest BCUT2D eigenvalue weighted by atomic mass is 9.78. The third-order valence-corrected chi connectivity index (χ3v) is 5.05. The largest absolute Gasteiger partial charge is 0.450 e. The highest BCUT2D eigenvalue weighted by Crippen LogP contribution is 2.40. The quantitative estimate of drug-likeness (QED) is 0.795. The number of carbonyl (C=O) groups excluding carboxylic acids is 2. The van der Waals surface area contributed by atoms with Crippen molar-refractivity contribution in [3.63, 3.8) is 0 Å². The molecule has 2 amide bonds. The van der Waals surface area contributed by atoms with Crippen molar-refractivity contribution in [3.05, 3.63) is 35.9 Å². The lowest BCUT2D eigenvalue weighted by molar-refractivity contribution is -0.124. The Morgan fingerprint density at radius 2 is 1.80 bits per heavy atom. The van der Waals surface area contributed by atoms with E-state index in [1.807, 2.05) is 19.9 Å². The Hall–Kier alpha value is -2.04. The highest BCUT2D eigenvalue weighted by atomic mass is 16.5. The van der Waals surface area contributed by atoms with Crippen LogP contribution in [0.2, 0.25) is 0 Å². The van der Waals surface area contributed by atoms with Gasteiger partial charge in [0.05, 0.1) is 6.61 Å². The van der Waals surface area contributed by atoms with E-state index in [9.17, 15) is 9.59 Å². The third kappa shape index (κ3) is 4.97. The molecule has 0 bridgehead atoms. The van der Waals surface area contributed by atoms with Crippen LogP contribution < -0.4 is 10.6 Å². The van der Waals surface area contributed by atoms with Crippen LogP contribution in [0.4, 0.5) is 4.79 Å². The van der Waals surface area contributed by atoms with Gasteiger partial charge in [-0.3, -0.25) is 4.79 Å². The molecule has 0 radical (unpaired) electrons. The number of hydrogen-bond donors (Lipinski definition) is 2. The number of hydrogen-bond acceptors (Lipinski definition) is 3. The van der Waals surface area contributed by atoms with Gasteiger partial charge in [0.15, 0.2) is 0 Å². The van der Waals surface area contributed by atoms with E-state index >= 15 is 0 Å². The van der Waals surface area contributed by atoms with Crippen molar-refractivity contribution < 1.29 is 14.3 Å². The monoisotopic (exact) mass is 346 g/mol. The van der Waals surface area contributed by atoms with Gasteiger partial charge in [0.2, 0.25) is 5.91 Å². The molecular formula is C20H30N2O3. The molecule has 1 aromatic rings. The molecule has 1 fully saturated rings. The summed E-state index contributed by atoms with van der Waals surface area (Å²) in [5.74, 6) is -0.161. The van der Waals surface area contributed by atoms with Crippen molar-refractivity contribution in [3.8, 4) is 0 Å². The van der Waals surface area contributed by atoms with Crippen LogP contribution in [0.5, 0.6) is 0 Å². The van der Waals surface area contributed by atoms with Crippen LogP contribution in [0.15, 0.2) is 30.3 Å². The normalized spacial score (nSPS) is 17.1. The molecule has 5 heteroatoms. The first kappa shape index (κ1) is 19.3. The average molecular weight is 346 g/mol. The Kier molecular flexibility index (Phi) is 6.85. The van der Waals surface area contributed by atoms with Crippen molar-refractivity contribution in [1.29, 1.82) is 0 Å². The first-order chi connectivity index (χ1) is 12.0. The SMILES string of the molecule is CCOC(=O)NC(C(=O)NCC1(c2ccccc2)CCCC1)C(C)C. The maximum absolute atomic E-state index is 12.7. The molecule has 25 heavy (non-hydrogen) atoms. The molecule has 0 spiro atoms.